The highest BCUT2D eigenvalue weighted by Gasteiger charge is 2.20. The average Bonchev–Trinajstić information content (AvgIpc) is 3.35. The summed E-state index contributed by atoms with van der Waals surface area (Å²) < 4.78 is 33.7. The monoisotopic (exact) mass is 532 g/mol. The number of aromatic nitrogens is 4. The van der Waals surface area contributed by atoms with Crippen LogP contribution >= 0.6 is 23.2 Å². The van der Waals surface area contributed by atoms with Gasteiger partial charge < -0.3 is 10.1 Å². The molecule has 2 heterocycles. The average molecular weight is 533 g/mol. The van der Waals surface area contributed by atoms with E-state index in [1.54, 1.807) is 6.92 Å². The number of pyridine rings is 1. The Balaban J connectivity index is 1.61. The van der Waals surface area contributed by atoms with Gasteiger partial charge in [-0.2, -0.15) is 10.2 Å². The van der Waals surface area contributed by atoms with Gasteiger partial charge in [-0.3, -0.25) is 10.1 Å². The highest BCUT2D eigenvalue weighted by atomic mass is 35.5. The van der Waals surface area contributed by atoms with Crippen LogP contribution in [0, 0.1) is 11.6 Å². The van der Waals surface area contributed by atoms with Crippen LogP contribution in [0.5, 0.6) is 0 Å². The molecule has 0 aliphatic rings. The molecule has 2 amide bonds. The molecule has 2 aromatic heterocycles. The number of hydrogen-bond donors (Lipinski definition) is 2. The van der Waals surface area contributed by atoms with Crippen LogP contribution < -0.4 is 10.6 Å². The number of rotatable bonds is 6. The number of carbonyl (C=O) groups excluding carboxylic acids is 2. The van der Waals surface area contributed by atoms with Gasteiger partial charge in [0.25, 0.3) is 5.91 Å². The smallest absolute Gasteiger partial charge is 0.411 e. The molecule has 0 saturated carbocycles. The Bertz CT molecular complexity index is 1450. The highest BCUT2D eigenvalue weighted by molar-refractivity contribution is 6.35. The van der Waals surface area contributed by atoms with E-state index in [0.29, 0.717) is 0 Å². The number of ether oxygens (including phenoxy) is 1. The van der Waals surface area contributed by atoms with Crippen LogP contribution in [-0.4, -0.2) is 38.6 Å². The van der Waals surface area contributed by atoms with Crippen molar-refractivity contribution in [1.82, 2.24) is 20.0 Å². The molecule has 36 heavy (non-hydrogen) atoms. The molecular formula is C23H16Cl2F2N6O3. The molecule has 0 aliphatic heterocycles. The Morgan fingerprint density at radius 2 is 1.75 bits per heavy atom. The van der Waals surface area contributed by atoms with Crippen molar-refractivity contribution < 1.29 is 23.1 Å². The minimum atomic E-state index is -0.839. The second-order valence-electron chi connectivity index (χ2n) is 7.15. The molecule has 0 unspecified atom stereocenters. The minimum Gasteiger partial charge on any atom is -0.450 e. The summed E-state index contributed by atoms with van der Waals surface area (Å²) in [7, 11) is 0. The zero-order valence-corrected chi connectivity index (χ0v) is 19.9. The number of nitrogens with zero attached hydrogens (tertiary/aromatic N) is 4. The van der Waals surface area contributed by atoms with Crippen LogP contribution in [0.3, 0.4) is 0 Å². The normalized spacial score (nSPS) is 10.7. The van der Waals surface area contributed by atoms with Crippen molar-refractivity contribution >= 4 is 46.6 Å². The van der Waals surface area contributed by atoms with Crippen LogP contribution in [0.15, 0.2) is 55.0 Å². The number of hydrogen-bond acceptors (Lipinski definition) is 6. The van der Waals surface area contributed by atoms with Crippen LogP contribution in [-0.2, 0) is 4.74 Å². The maximum absolute atomic E-state index is 15.1. The Hall–Kier alpha value is -4.09. The summed E-state index contributed by atoms with van der Waals surface area (Å²) in [5.74, 6) is -1.97. The first-order valence-electron chi connectivity index (χ1n) is 10.3. The standard InChI is InChI=1S/C23H16Cl2F2N6O3/c1-2-36-23(35)32-20-7-12(26)3-4-14(20)15-9-17(24)16(10-19(15)27)22(34)31-13-8-18(25)21(28-11-13)33-29-5-6-30-33/h3-11H,2H2,1H3,(H,31,34)(H,32,35). The maximum atomic E-state index is 15.1. The number of nitrogens with one attached hydrogen (secondary N) is 2. The molecule has 0 bridgehead atoms. The summed E-state index contributed by atoms with van der Waals surface area (Å²) in [6.45, 7) is 1.69. The van der Waals surface area contributed by atoms with Gasteiger partial charge in [0.15, 0.2) is 5.82 Å². The molecule has 2 aromatic carbocycles. The molecule has 0 fully saturated rings. The van der Waals surface area contributed by atoms with Crippen LogP contribution in [0.25, 0.3) is 16.9 Å². The number of amides is 2. The fourth-order valence-electron chi connectivity index (χ4n) is 3.23. The number of halogens is 4. The second-order valence-corrected chi connectivity index (χ2v) is 7.96. The Kier molecular flexibility index (Phi) is 7.41. The van der Waals surface area contributed by atoms with E-state index < -0.39 is 23.6 Å². The number of benzene rings is 2. The first-order valence-corrected chi connectivity index (χ1v) is 11.1. The number of carbonyl (C=O) groups is 2. The summed E-state index contributed by atoms with van der Waals surface area (Å²) in [6.07, 6.45) is 3.40. The van der Waals surface area contributed by atoms with Gasteiger partial charge in [0.05, 0.1) is 52.2 Å². The topological polar surface area (TPSA) is 111 Å². The predicted octanol–water partition coefficient (Wildman–Crippen LogP) is 5.74. The van der Waals surface area contributed by atoms with Crippen molar-refractivity contribution in [2.45, 2.75) is 6.92 Å². The fraction of sp³-hybridized carbons (Fsp3) is 0.0870. The Morgan fingerprint density at radius 1 is 1.00 bits per heavy atom. The molecule has 0 atom stereocenters. The third kappa shape index (κ3) is 5.42. The third-order valence-electron chi connectivity index (χ3n) is 4.77. The Labute approximate surface area is 213 Å². The lowest BCUT2D eigenvalue weighted by Gasteiger charge is -2.14. The molecule has 9 nitrogen and oxygen atoms in total. The van der Waals surface area contributed by atoms with Crippen LogP contribution in [0.1, 0.15) is 17.3 Å². The lowest BCUT2D eigenvalue weighted by molar-refractivity contribution is 0.102. The molecule has 0 radical (unpaired) electrons. The largest absolute Gasteiger partial charge is 0.450 e. The van der Waals surface area contributed by atoms with E-state index in [4.69, 9.17) is 27.9 Å². The van der Waals surface area contributed by atoms with E-state index >= 15 is 4.39 Å². The van der Waals surface area contributed by atoms with Crippen molar-refractivity contribution in [2.24, 2.45) is 0 Å². The molecule has 13 heteroatoms. The zero-order valence-electron chi connectivity index (χ0n) is 18.4. The molecule has 4 aromatic rings. The van der Waals surface area contributed by atoms with E-state index in [-0.39, 0.29) is 50.5 Å². The molecular weight excluding hydrogens is 517 g/mol. The van der Waals surface area contributed by atoms with E-state index in [0.717, 1.165) is 18.2 Å². The predicted molar refractivity (Wildman–Crippen MR) is 130 cm³/mol. The van der Waals surface area contributed by atoms with Crippen molar-refractivity contribution in [3.05, 3.63) is 82.2 Å². The van der Waals surface area contributed by atoms with Gasteiger partial charge in [0.1, 0.15) is 11.6 Å². The summed E-state index contributed by atoms with van der Waals surface area (Å²) >= 11 is 12.5. The third-order valence-corrected chi connectivity index (χ3v) is 5.36. The van der Waals surface area contributed by atoms with E-state index in [1.165, 1.54) is 41.6 Å². The van der Waals surface area contributed by atoms with Gasteiger partial charge >= 0.3 is 6.09 Å². The Morgan fingerprint density at radius 3 is 2.44 bits per heavy atom. The molecule has 2 N–H and O–H groups in total. The van der Waals surface area contributed by atoms with Gasteiger partial charge in [0.2, 0.25) is 0 Å². The van der Waals surface area contributed by atoms with Gasteiger partial charge in [0, 0.05) is 11.1 Å². The molecule has 0 spiro atoms. The van der Waals surface area contributed by atoms with Gasteiger partial charge in [-0.05, 0) is 43.3 Å². The highest BCUT2D eigenvalue weighted by Crippen LogP contribution is 2.34. The van der Waals surface area contributed by atoms with Crippen molar-refractivity contribution in [3.63, 3.8) is 0 Å². The first-order chi connectivity index (χ1) is 17.3. The summed E-state index contributed by atoms with van der Waals surface area (Å²) in [5.41, 5.74) is 0.0848. The first kappa shape index (κ1) is 25.0. The van der Waals surface area contributed by atoms with E-state index in [9.17, 15) is 14.0 Å². The molecule has 0 saturated heterocycles. The van der Waals surface area contributed by atoms with Crippen LogP contribution in [0.4, 0.5) is 25.0 Å². The van der Waals surface area contributed by atoms with Crippen molar-refractivity contribution in [2.75, 3.05) is 17.2 Å². The van der Waals surface area contributed by atoms with Gasteiger partial charge in [-0.25, -0.2) is 18.6 Å². The lowest BCUT2D eigenvalue weighted by Crippen LogP contribution is -2.15. The summed E-state index contributed by atoms with van der Waals surface area (Å²) in [5, 5.41) is 12.9. The maximum Gasteiger partial charge on any atom is 0.411 e. The van der Waals surface area contributed by atoms with E-state index in [2.05, 4.69) is 25.8 Å². The van der Waals surface area contributed by atoms with Gasteiger partial charge in [-0.15, -0.1) is 4.80 Å². The quantitative estimate of drug-likeness (QED) is 0.327. The zero-order chi connectivity index (χ0) is 25.8. The van der Waals surface area contributed by atoms with Crippen molar-refractivity contribution in [1.29, 1.82) is 0 Å². The fourth-order valence-corrected chi connectivity index (χ4v) is 3.72. The number of anilines is 2. The minimum absolute atomic E-state index is 0.0342. The SMILES string of the molecule is CCOC(=O)Nc1cc(F)ccc1-c1cc(Cl)c(C(=O)Nc2cnc(-n3nccn3)c(Cl)c2)cc1F. The van der Waals surface area contributed by atoms with Gasteiger partial charge in [-0.1, -0.05) is 23.2 Å². The lowest BCUT2D eigenvalue weighted by atomic mass is 10.0. The summed E-state index contributed by atoms with van der Waals surface area (Å²) in [6, 6.07) is 6.94. The van der Waals surface area contributed by atoms with E-state index in [1.807, 2.05) is 0 Å². The second kappa shape index (κ2) is 10.7. The van der Waals surface area contributed by atoms with Crippen LogP contribution in [0.2, 0.25) is 10.0 Å². The van der Waals surface area contributed by atoms with Crippen molar-refractivity contribution in [3.8, 4) is 16.9 Å². The summed E-state index contributed by atoms with van der Waals surface area (Å²) in [4.78, 5) is 30.0. The molecule has 184 valence electrons. The molecule has 0 aliphatic carbocycles. The molecule has 4 rings (SSSR count).